The Balaban J connectivity index is 1.64. The lowest BCUT2D eigenvalue weighted by Crippen LogP contribution is -2.46. The summed E-state index contributed by atoms with van der Waals surface area (Å²) in [5.41, 5.74) is 2.33. The minimum absolute atomic E-state index is 0.904. The van der Waals surface area contributed by atoms with E-state index in [2.05, 4.69) is 39.0 Å². The van der Waals surface area contributed by atoms with Crippen molar-refractivity contribution in [3.8, 4) is 5.75 Å². The van der Waals surface area contributed by atoms with Gasteiger partial charge in [0, 0.05) is 37.6 Å². The number of aromatic nitrogens is 1. The molecule has 3 rings (SSSR count). The van der Waals surface area contributed by atoms with Crippen LogP contribution in [0.25, 0.3) is 0 Å². The van der Waals surface area contributed by atoms with E-state index in [1.54, 1.807) is 7.11 Å². The molecule has 1 fully saturated rings. The van der Waals surface area contributed by atoms with Crippen molar-refractivity contribution in [3.05, 3.63) is 48.2 Å². The molecule has 0 unspecified atom stereocenters. The predicted octanol–water partition coefficient (Wildman–Crippen LogP) is 2.73. The zero-order valence-corrected chi connectivity index (χ0v) is 12.6. The highest BCUT2D eigenvalue weighted by Crippen LogP contribution is 2.22. The molecule has 0 aliphatic carbocycles. The van der Waals surface area contributed by atoms with Crippen LogP contribution in [0.15, 0.2) is 42.5 Å². The summed E-state index contributed by atoms with van der Waals surface area (Å²) in [6, 6.07) is 14.5. The van der Waals surface area contributed by atoms with Crippen molar-refractivity contribution in [1.29, 1.82) is 0 Å². The first kappa shape index (κ1) is 13.7. The van der Waals surface area contributed by atoms with Gasteiger partial charge in [0.2, 0.25) is 0 Å². The van der Waals surface area contributed by atoms with Gasteiger partial charge in [0.05, 0.1) is 7.11 Å². The number of methoxy groups -OCH3 is 1. The van der Waals surface area contributed by atoms with Crippen molar-refractivity contribution in [2.24, 2.45) is 0 Å². The van der Waals surface area contributed by atoms with Crippen LogP contribution in [0.2, 0.25) is 0 Å². The monoisotopic (exact) mass is 283 g/mol. The Hall–Kier alpha value is -2.23. The lowest BCUT2D eigenvalue weighted by atomic mass is 10.2. The van der Waals surface area contributed by atoms with Gasteiger partial charge in [-0.05, 0) is 43.3 Å². The normalized spacial score (nSPS) is 15.1. The Kier molecular flexibility index (Phi) is 3.95. The molecule has 0 spiro atoms. The topological polar surface area (TPSA) is 28.6 Å². The molecule has 4 nitrogen and oxygen atoms in total. The number of piperazine rings is 1. The van der Waals surface area contributed by atoms with E-state index in [4.69, 9.17) is 4.74 Å². The fourth-order valence-electron chi connectivity index (χ4n) is 2.69. The van der Waals surface area contributed by atoms with Gasteiger partial charge in [-0.3, -0.25) is 0 Å². The van der Waals surface area contributed by atoms with E-state index < -0.39 is 0 Å². The van der Waals surface area contributed by atoms with E-state index in [0.29, 0.717) is 0 Å². The smallest absolute Gasteiger partial charge is 0.128 e. The van der Waals surface area contributed by atoms with Crippen LogP contribution in [0.5, 0.6) is 5.75 Å². The van der Waals surface area contributed by atoms with Gasteiger partial charge < -0.3 is 14.5 Å². The van der Waals surface area contributed by atoms with E-state index in [0.717, 1.165) is 43.4 Å². The van der Waals surface area contributed by atoms with Crippen molar-refractivity contribution in [3.63, 3.8) is 0 Å². The number of hydrogen-bond acceptors (Lipinski definition) is 4. The van der Waals surface area contributed by atoms with Crippen LogP contribution in [0.4, 0.5) is 11.5 Å². The highest BCUT2D eigenvalue weighted by Gasteiger charge is 2.18. The lowest BCUT2D eigenvalue weighted by molar-refractivity contribution is 0.415. The third-order valence-corrected chi connectivity index (χ3v) is 3.91. The second-order valence-electron chi connectivity index (χ2n) is 5.31. The van der Waals surface area contributed by atoms with Crippen molar-refractivity contribution < 1.29 is 4.74 Å². The summed E-state index contributed by atoms with van der Waals surface area (Å²) in [6.07, 6.45) is 0. The fourth-order valence-corrected chi connectivity index (χ4v) is 2.69. The van der Waals surface area contributed by atoms with E-state index in [1.165, 1.54) is 5.69 Å². The summed E-state index contributed by atoms with van der Waals surface area (Å²) in [7, 11) is 1.70. The van der Waals surface area contributed by atoms with E-state index >= 15 is 0 Å². The maximum absolute atomic E-state index is 5.21. The van der Waals surface area contributed by atoms with Gasteiger partial charge in [0.15, 0.2) is 0 Å². The average molecular weight is 283 g/mol. The van der Waals surface area contributed by atoms with E-state index in [9.17, 15) is 0 Å². The third kappa shape index (κ3) is 3.10. The number of aryl methyl sites for hydroxylation is 1. The molecule has 2 heterocycles. The Labute approximate surface area is 126 Å². The van der Waals surface area contributed by atoms with Crippen LogP contribution in [-0.2, 0) is 0 Å². The third-order valence-electron chi connectivity index (χ3n) is 3.91. The number of nitrogens with zero attached hydrogens (tertiary/aromatic N) is 3. The molecule has 0 bridgehead atoms. The molecule has 1 aliphatic heterocycles. The molecule has 0 saturated carbocycles. The molecular weight excluding hydrogens is 262 g/mol. The number of rotatable bonds is 3. The predicted molar refractivity (Wildman–Crippen MR) is 86.4 cm³/mol. The maximum Gasteiger partial charge on any atom is 0.128 e. The highest BCUT2D eigenvalue weighted by molar-refractivity contribution is 5.51. The number of pyridine rings is 1. The zero-order valence-electron chi connectivity index (χ0n) is 12.6. The molecular formula is C17H21N3O. The molecule has 110 valence electrons. The summed E-state index contributed by atoms with van der Waals surface area (Å²) in [6.45, 7) is 6.08. The minimum atomic E-state index is 0.904. The van der Waals surface area contributed by atoms with Crippen LogP contribution in [0.1, 0.15) is 5.69 Å². The van der Waals surface area contributed by atoms with E-state index in [-0.39, 0.29) is 0 Å². The van der Waals surface area contributed by atoms with Crippen LogP contribution < -0.4 is 14.5 Å². The van der Waals surface area contributed by atoms with Crippen LogP contribution in [0.3, 0.4) is 0 Å². The Morgan fingerprint density at radius 1 is 0.905 bits per heavy atom. The molecule has 0 N–H and O–H groups in total. The Morgan fingerprint density at radius 3 is 2.19 bits per heavy atom. The first-order valence-electron chi connectivity index (χ1n) is 7.34. The molecule has 21 heavy (non-hydrogen) atoms. The largest absolute Gasteiger partial charge is 0.497 e. The number of benzene rings is 1. The first-order chi connectivity index (χ1) is 10.3. The molecule has 1 saturated heterocycles. The molecule has 2 aromatic rings. The van der Waals surface area contributed by atoms with Gasteiger partial charge in [-0.15, -0.1) is 0 Å². The summed E-state index contributed by atoms with van der Waals surface area (Å²) in [5.74, 6) is 1.99. The zero-order chi connectivity index (χ0) is 14.7. The summed E-state index contributed by atoms with van der Waals surface area (Å²) in [5, 5.41) is 0. The molecule has 1 aliphatic rings. The molecule has 1 aromatic heterocycles. The van der Waals surface area contributed by atoms with Crippen molar-refractivity contribution >= 4 is 11.5 Å². The van der Waals surface area contributed by atoms with Crippen LogP contribution in [-0.4, -0.2) is 38.3 Å². The van der Waals surface area contributed by atoms with Gasteiger partial charge in [-0.2, -0.15) is 0 Å². The van der Waals surface area contributed by atoms with Gasteiger partial charge in [0.1, 0.15) is 11.6 Å². The van der Waals surface area contributed by atoms with Crippen molar-refractivity contribution in [1.82, 2.24) is 4.98 Å². The van der Waals surface area contributed by atoms with Gasteiger partial charge in [-0.1, -0.05) is 6.07 Å². The number of anilines is 2. The fraction of sp³-hybridized carbons (Fsp3) is 0.353. The standard InChI is InChI=1S/C17H21N3O/c1-14-4-3-5-17(18-14)20-12-10-19(11-13-20)15-6-8-16(21-2)9-7-15/h3-9H,10-13H2,1-2H3. The van der Waals surface area contributed by atoms with Crippen molar-refractivity contribution in [2.45, 2.75) is 6.92 Å². The lowest BCUT2D eigenvalue weighted by Gasteiger charge is -2.36. The van der Waals surface area contributed by atoms with Gasteiger partial charge in [0.25, 0.3) is 0 Å². The second-order valence-corrected chi connectivity index (χ2v) is 5.31. The summed E-state index contributed by atoms with van der Waals surface area (Å²) >= 11 is 0. The maximum atomic E-state index is 5.21. The molecule has 0 amide bonds. The summed E-state index contributed by atoms with van der Waals surface area (Å²) in [4.78, 5) is 9.37. The SMILES string of the molecule is COc1ccc(N2CCN(c3cccc(C)n3)CC2)cc1. The average Bonchev–Trinajstić information content (AvgIpc) is 2.55. The first-order valence-corrected chi connectivity index (χ1v) is 7.34. The van der Waals surface area contributed by atoms with E-state index in [1.807, 2.05) is 25.1 Å². The molecule has 0 atom stereocenters. The number of hydrogen-bond donors (Lipinski definition) is 0. The molecule has 4 heteroatoms. The minimum Gasteiger partial charge on any atom is -0.497 e. The Morgan fingerprint density at radius 2 is 1.57 bits per heavy atom. The van der Waals surface area contributed by atoms with Gasteiger partial charge in [-0.25, -0.2) is 4.98 Å². The van der Waals surface area contributed by atoms with Gasteiger partial charge >= 0.3 is 0 Å². The van der Waals surface area contributed by atoms with Crippen molar-refractivity contribution in [2.75, 3.05) is 43.1 Å². The second kappa shape index (κ2) is 6.04. The highest BCUT2D eigenvalue weighted by atomic mass is 16.5. The summed E-state index contributed by atoms with van der Waals surface area (Å²) < 4.78 is 5.21. The molecule has 0 radical (unpaired) electrons. The Bertz CT molecular complexity index is 589. The quantitative estimate of drug-likeness (QED) is 0.866. The van der Waals surface area contributed by atoms with Crippen LogP contribution >= 0.6 is 0 Å². The number of ether oxygens (including phenoxy) is 1. The molecule has 1 aromatic carbocycles. The van der Waals surface area contributed by atoms with Crippen LogP contribution in [0, 0.1) is 6.92 Å².